The second-order valence-electron chi connectivity index (χ2n) is 7.02. The van der Waals surface area contributed by atoms with Crippen molar-refractivity contribution in [2.24, 2.45) is 0 Å². The molecule has 7 heteroatoms. The molecule has 1 atom stereocenters. The number of hydrogen-bond donors (Lipinski definition) is 0. The van der Waals surface area contributed by atoms with Crippen LogP contribution in [0.5, 0.6) is 0 Å². The highest BCUT2D eigenvalue weighted by atomic mass is 19.1. The molecule has 0 N–H and O–H groups in total. The first kappa shape index (κ1) is 17.5. The topological polar surface area (TPSA) is 72.4 Å². The average molecular weight is 369 g/mol. The highest BCUT2D eigenvalue weighted by molar-refractivity contribution is 5.92. The van der Waals surface area contributed by atoms with E-state index in [-0.39, 0.29) is 23.6 Å². The lowest BCUT2D eigenvalue weighted by Gasteiger charge is -2.21. The summed E-state index contributed by atoms with van der Waals surface area (Å²) in [6, 6.07) is 9.46. The Kier molecular flexibility index (Phi) is 4.51. The highest BCUT2D eigenvalue weighted by Crippen LogP contribution is 2.35. The van der Waals surface area contributed by atoms with Crippen molar-refractivity contribution in [2.45, 2.75) is 38.6 Å². The van der Waals surface area contributed by atoms with Crippen molar-refractivity contribution in [3.05, 3.63) is 59.4 Å². The first-order chi connectivity index (χ1) is 13.0. The maximum Gasteiger partial charge on any atom is 0.293 e. The van der Waals surface area contributed by atoms with Crippen LogP contribution in [0.3, 0.4) is 0 Å². The molecule has 1 saturated heterocycles. The zero-order valence-electron chi connectivity index (χ0n) is 15.2. The number of amides is 1. The summed E-state index contributed by atoms with van der Waals surface area (Å²) < 4.78 is 24.6. The van der Waals surface area contributed by atoms with Crippen LogP contribution in [0.1, 0.15) is 60.7 Å². The van der Waals surface area contributed by atoms with Gasteiger partial charge in [-0.3, -0.25) is 4.79 Å². The van der Waals surface area contributed by atoms with Crippen LogP contribution in [-0.2, 0) is 0 Å². The maximum atomic E-state index is 13.9. The fourth-order valence-electron chi connectivity index (χ4n) is 3.35. The molecule has 2 aromatic heterocycles. The summed E-state index contributed by atoms with van der Waals surface area (Å²) in [7, 11) is 0. The number of nitrogens with zero attached hydrogens (tertiary/aromatic N) is 3. The van der Waals surface area contributed by atoms with Crippen molar-refractivity contribution in [1.29, 1.82) is 0 Å². The van der Waals surface area contributed by atoms with E-state index >= 15 is 0 Å². The Labute approximate surface area is 155 Å². The number of carbonyl (C=O) groups excluding carboxylic acids is 1. The van der Waals surface area contributed by atoms with Gasteiger partial charge in [0.15, 0.2) is 5.76 Å². The molecule has 0 unspecified atom stereocenters. The van der Waals surface area contributed by atoms with Gasteiger partial charge in [0.05, 0.1) is 11.7 Å². The van der Waals surface area contributed by atoms with Gasteiger partial charge in [-0.15, -0.1) is 0 Å². The Morgan fingerprint density at radius 3 is 2.78 bits per heavy atom. The van der Waals surface area contributed by atoms with Gasteiger partial charge in [0.25, 0.3) is 5.91 Å². The van der Waals surface area contributed by atoms with Gasteiger partial charge in [-0.05, 0) is 30.9 Å². The minimum absolute atomic E-state index is 0.0868. The summed E-state index contributed by atoms with van der Waals surface area (Å²) in [6.45, 7) is 4.67. The van der Waals surface area contributed by atoms with E-state index in [0.717, 1.165) is 18.5 Å². The molecular formula is C20H20FN3O3. The molecule has 0 bridgehead atoms. The Bertz CT molecular complexity index is 963. The molecule has 4 rings (SSSR count). The Morgan fingerprint density at radius 2 is 2.04 bits per heavy atom. The van der Waals surface area contributed by atoms with Crippen LogP contribution in [-0.4, -0.2) is 27.7 Å². The predicted octanol–water partition coefficient (Wildman–Crippen LogP) is 4.57. The number of aromatic nitrogens is 2. The summed E-state index contributed by atoms with van der Waals surface area (Å²) in [5.41, 5.74) is 1.47. The molecule has 27 heavy (non-hydrogen) atoms. The second-order valence-corrected chi connectivity index (χ2v) is 7.02. The minimum Gasteiger partial charge on any atom is -0.359 e. The van der Waals surface area contributed by atoms with E-state index in [1.807, 2.05) is 19.9 Å². The number of hydrogen-bond acceptors (Lipinski definition) is 5. The standard InChI is InChI=1S/C20H20FN3O3/c1-12(2)15-10-18(26-22-15)17-8-5-9-24(17)20(25)19-11-16(23-27-19)13-6-3-4-7-14(13)21/h3-4,6-7,10-12,17H,5,8-9H2,1-2H3/t17-/m0/s1. The van der Waals surface area contributed by atoms with E-state index in [1.165, 1.54) is 12.1 Å². The molecule has 3 aromatic rings. The van der Waals surface area contributed by atoms with Crippen molar-refractivity contribution in [1.82, 2.24) is 15.2 Å². The smallest absolute Gasteiger partial charge is 0.293 e. The normalized spacial score (nSPS) is 17.0. The molecule has 0 radical (unpaired) electrons. The zero-order valence-corrected chi connectivity index (χ0v) is 15.2. The van der Waals surface area contributed by atoms with E-state index in [0.29, 0.717) is 23.6 Å². The van der Waals surface area contributed by atoms with Crippen molar-refractivity contribution < 1.29 is 18.2 Å². The van der Waals surface area contributed by atoms with Crippen LogP contribution >= 0.6 is 0 Å². The van der Waals surface area contributed by atoms with Gasteiger partial charge in [0.1, 0.15) is 11.5 Å². The lowest BCUT2D eigenvalue weighted by atomic mass is 10.1. The summed E-state index contributed by atoms with van der Waals surface area (Å²) in [5.74, 6) is 0.328. The van der Waals surface area contributed by atoms with Crippen LogP contribution < -0.4 is 0 Å². The van der Waals surface area contributed by atoms with Crippen LogP contribution in [0, 0.1) is 5.82 Å². The van der Waals surface area contributed by atoms with Crippen molar-refractivity contribution in [3.8, 4) is 11.3 Å². The third-order valence-corrected chi connectivity index (χ3v) is 4.85. The van der Waals surface area contributed by atoms with Gasteiger partial charge in [-0.2, -0.15) is 0 Å². The fraction of sp³-hybridized carbons (Fsp3) is 0.350. The first-order valence-corrected chi connectivity index (χ1v) is 9.03. The summed E-state index contributed by atoms with van der Waals surface area (Å²) >= 11 is 0. The van der Waals surface area contributed by atoms with Gasteiger partial charge in [-0.25, -0.2) is 4.39 Å². The number of benzene rings is 1. The number of likely N-dealkylation sites (tertiary alicyclic amines) is 1. The van der Waals surface area contributed by atoms with Crippen molar-refractivity contribution >= 4 is 5.91 Å². The number of rotatable bonds is 4. The van der Waals surface area contributed by atoms with Crippen molar-refractivity contribution in [2.75, 3.05) is 6.54 Å². The molecule has 1 aliphatic rings. The third kappa shape index (κ3) is 3.25. The minimum atomic E-state index is -0.410. The second kappa shape index (κ2) is 6.98. The van der Waals surface area contributed by atoms with Gasteiger partial charge >= 0.3 is 0 Å². The maximum absolute atomic E-state index is 13.9. The van der Waals surface area contributed by atoms with Crippen LogP contribution in [0.15, 0.2) is 45.4 Å². The molecule has 3 heterocycles. The summed E-state index contributed by atoms with van der Waals surface area (Å²) in [6.07, 6.45) is 1.66. The van der Waals surface area contributed by atoms with Crippen LogP contribution in [0.2, 0.25) is 0 Å². The monoisotopic (exact) mass is 369 g/mol. The first-order valence-electron chi connectivity index (χ1n) is 9.03. The SMILES string of the molecule is CC(C)c1cc([C@@H]2CCCN2C(=O)c2cc(-c3ccccc3F)no2)on1. The highest BCUT2D eigenvalue weighted by Gasteiger charge is 2.35. The Balaban J connectivity index is 1.58. The van der Waals surface area contributed by atoms with Gasteiger partial charge in [-0.1, -0.05) is 36.3 Å². The van der Waals surface area contributed by atoms with E-state index in [1.54, 1.807) is 23.1 Å². The molecular weight excluding hydrogens is 349 g/mol. The average Bonchev–Trinajstić information content (AvgIpc) is 3.40. The molecule has 6 nitrogen and oxygen atoms in total. The molecule has 1 amide bonds. The molecule has 1 aromatic carbocycles. The molecule has 140 valence electrons. The Hall–Kier alpha value is -2.96. The molecule has 0 saturated carbocycles. The van der Waals surface area contributed by atoms with E-state index < -0.39 is 5.82 Å². The molecule has 0 spiro atoms. The summed E-state index contributed by atoms with van der Waals surface area (Å²) in [4.78, 5) is 14.6. The van der Waals surface area contributed by atoms with Crippen molar-refractivity contribution in [3.63, 3.8) is 0 Å². The fourth-order valence-corrected chi connectivity index (χ4v) is 3.35. The van der Waals surface area contributed by atoms with Gasteiger partial charge in [0.2, 0.25) is 5.76 Å². The van der Waals surface area contributed by atoms with Gasteiger partial charge in [0, 0.05) is 24.2 Å². The Morgan fingerprint density at radius 1 is 1.22 bits per heavy atom. The quantitative estimate of drug-likeness (QED) is 0.674. The lowest BCUT2D eigenvalue weighted by Crippen LogP contribution is -2.30. The van der Waals surface area contributed by atoms with Gasteiger partial charge < -0.3 is 13.9 Å². The number of halogens is 1. The van der Waals surface area contributed by atoms with E-state index in [9.17, 15) is 9.18 Å². The van der Waals surface area contributed by atoms with Crippen LogP contribution in [0.4, 0.5) is 4.39 Å². The number of carbonyl (C=O) groups is 1. The largest absolute Gasteiger partial charge is 0.359 e. The molecule has 0 aliphatic carbocycles. The van der Waals surface area contributed by atoms with E-state index in [2.05, 4.69) is 10.3 Å². The van der Waals surface area contributed by atoms with E-state index in [4.69, 9.17) is 9.05 Å². The molecule has 1 aliphatic heterocycles. The third-order valence-electron chi connectivity index (χ3n) is 4.85. The zero-order chi connectivity index (χ0) is 19.0. The lowest BCUT2D eigenvalue weighted by molar-refractivity contribution is 0.0672. The van der Waals surface area contributed by atoms with Crippen LogP contribution in [0.25, 0.3) is 11.3 Å². The molecule has 1 fully saturated rings. The summed E-state index contributed by atoms with van der Waals surface area (Å²) in [5, 5.41) is 7.96. The predicted molar refractivity (Wildman–Crippen MR) is 95.5 cm³/mol.